The maximum atomic E-state index is 11.0. The number of nitrogen functional groups attached to an aromatic ring is 1. The van der Waals surface area contributed by atoms with E-state index in [4.69, 9.17) is 14.9 Å². The normalized spacial score (nSPS) is 26.5. The molecule has 9 nitrogen and oxygen atoms in total. The molecule has 0 radical (unpaired) electrons. The molecule has 0 unspecified atom stereocenters. The Morgan fingerprint density at radius 2 is 1.96 bits per heavy atom. The number of aliphatic hydroxyl groups excluding tert-OH is 1. The van der Waals surface area contributed by atoms with Crippen molar-refractivity contribution in [2.24, 2.45) is 0 Å². The molecule has 28 heavy (non-hydrogen) atoms. The highest BCUT2D eigenvalue weighted by molar-refractivity contribution is 6.74. The van der Waals surface area contributed by atoms with Crippen molar-refractivity contribution in [1.82, 2.24) is 24.4 Å². The number of imidazole rings is 1. The minimum atomic E-state index is -1.95. The van der Waals surface area contributed by atoms with E-state index in [-0.39, 0.29) is 11.1 Å². The number of likely N-dealkylation sites (N-methyl/N-ethyl adjacent to an activating group) is 1. The van der Waals surface area contributed by atoms with Crippen molar-refractivity contribution in [1.29, 1.82) is 0 Å². The van der Waals surface area contributed by atoms with E-state index >= 15 is 0 Å². The second kappa shape index (κ2) is 7.34. The molecule has 3 rings (SSSR count). The molecule has 0 aromatic carbocycles. The van der Waals surface area contributed by atoms with Gasteiger partial charge in [-0.3, -0.25) is 9.47 Å². The number of aromatic nitrogens is 4. The van der Waals surface area contributed by atoms with E-state index < -0.39 is 26.8 Å². The van der Waals surface area contributed by atoms with Crippen molar-refractivity contribution in [3.8, 4) is 0 Å². The van der Waals surface area contributed by atoms with Crippen molar-refractivity contribution in [2.75, 3.05) is 26.4 Å². The van der Waals surface area contributed by atoms with E-state index in [1.807, 2.05) is 23.6 Å². The summed E-state index contributed by atoms with van der Waals surface area (Å²) >= 11 is 0. The lowest BCUT2D eigenvalue weighted by atomic mass is 10.1. The van der Waals surface area contributed by atoms with E-state index in [0.717, 1.165) is 0 Å². The van der Waals surface area contributed by atoms with Gasteiger partial charge >= 0.3 is 0 Å². The van der Waals surface area contributed by atoms with Crippen molar-refractivity contribution >= 4 is 25.3 Å². The molecule has 1 aliphatic heterocycles. The lowest BCUT2D eigenvalue weighted by molar-refractivity contribution is -0.0433. The highest BCUT2D eigenvalue weighted by Gasteiger charge is 2.48. The van der Waals surface area contributed by atoms with Crippen LogP contribution in [0.25, 0.3) is 11.2 Å². The van der Waals surface area contributed by atoms with Crippen molar-refractivity contribution in [3.63, 3.8) is 0 Å². The van der Waals surface area contributed by atoms with E-state index in [1.165, 1.54) is 6.33 Å². The lowest BCUT2D eigenvalue weighted by Crippen LogP contribution is -2.46. The number of rotatable bonds is 5. The molecule has 0 aliphatic carbocycles. The number of ether oxygens (including phenoxy) is 1. The molecule has 4 atom stereocenters. The quantitative estimate of drug-likeness (QED) is 0.718. The maximum Gasteiger partial charge on any atom is 0.192 e. The topological polar surface area (TPSA) is 112 Å². The van der Waals surface area contributed by atoms with Gasteiger partial charge in [0.15, 0.2) is 26.0 Å². The summed E-state index contributed by atoms with van der Waals surface area (Å²) < 4.78 is 14.4. The fraction of sp³-hybridized carbons (Fsp3) is 0.722. The molecular weight excluding hydrogens is 376 g/mol. The predicted octanol–water partition coefficient (Wildman–Crippen LogP) is 1.62. The Labute approximate surface area is 167 Å². The van der Waals surface area contributed by atoms with Crippen LogP contribution in [0.3, 0.4) is 0 Å². The molecule has 3 N–H and O–H groups in total. The van der Waals surface area contributed by atoms with Crippen LogP contribution < -0.4 is 5.73 Å². The third kappa shape index (κ3) is 3.66. The predicted molar refractivity (Wildman–Crippen MR) is 110 cm³/mol. The van der Waals surface area contributed by atoms with Crippen molar-refractivity contribution < 1.29 is 14.3 Å². The zero-order valence-electron chi connectivity index (χ0n) is 17.7. The molecule has 0 spiro atoms. The Balaban J connectivity index is 1.87. The van der Waals surface area contributed by atoms with Crippen molar-refractivity contribution in [3.05, 3.63) is 12.7 Å². The zero-order chi connectivity index (χ0) is 20.9. The molecule has 1 fully saturated rings. The minimum absolute atomic E-state index is 0.0892. The Morgan fingerprint density at radius 3 is 2.57 bits per heavy atom. The standard InChI is InChI=1S/C18H32N6O3Si/c1-18(2,3)28(6,7)26-8-11-14(25)13(23(4)5)17(27-11)24-10-22-12-15(19)20-9-21-16(12)24/h9-11,13-14,17,25H,8H2,1-7H3,(H2,19,20,21)/t11-,13-,14+,17-/m1/s1. The molecule has 0 amide bonds. The average molecular weight is 409 g/mol. The largest absolute Gasteiger partial charge is 0.414 e. The summed E-state index contributed by atoms with van der Waals surface area (Å²) in [7, 11) is 1.89. The first-order valence-corrected chi connectivity index (χ1v) is 12.4. The Kier molecular flexibility index (Phi) is 5.54. The fourth-order valence-electron chi connectivity index (χ4n) is 3.22. The first kappa shape index (κ1) is 21.1. The van der Waals surface area contributed by atoms with Gasteiger partial charge in [-0.05, 0) is 32.2 Å². The smallest absolute Gasteiger partial charge is 0.192 e. The summed E-state index contributed by atoms with van der Waals surface area (Å²) in [5.74, 6) is 0.321. The van der Waals surface area contributed by atoms with Gasteiger partial charge in [0.25, 0.3) is 0 Å². The van der Waals surface area contributed by atoms with Crippen LogP contribution in [0.2, 0.25) is 18.1 Å². The van der Waals surface area contributed by atoms with E-state index in [9.17, 15) is 5.11 Å². The third-order valence-corrected chi connectivity index (χ3v) is 10.5. The summed E-state index contributed by atoms with van der Waals surface area (Å²) in [4.78, 5) is 14.6. The second-order valence-electron chi connectivity index (χ2n) is 9.16. The molecule has 0 bridgehead atoms. The highest BCUT2D eigenvalue weighted by atomic mass is 28.4. The minimum Gasteiger partial charge on any atom is -0.414 e. The second-order valence-corrected chi connectivity index (χ2v) is 14.0. The Hall–Kier alpha value is -1.59. The number of nitrogens with two attached hydrogens (primary N) is 1. The molecule has 10 heteroatoms. The highest BCUT2D eigenvalue weighted by Crippen LogP contribution is 2.39. The lowest BCUT2D eigenvalue weighted by Gasteiger charge is -2.37. The number of nitrogens with zero attached hydrogens (tertiary/aromatic N) is 5. The molecule has 2 aromatic rings. The van der Waals surface area contributed by atoms with Crippen LogP contribution in [0, 0.1) is 0 Å². The number of hydrogen-bond donors (Lipinski definition) is 2. The molecule has 1 saturated heterocycles. The third-order valence-electron chi connectivity index (χ3n) is 6.01. The summed E-state index contributed by atoms with van der Waals surface area (Å²) in [5, 5.41) is 11.1. The number of fused-ring (bicyclic) bond motifs is 1. The van der Waals surface area contributed by atoms with Crippen LogP contribution in [0.5, 0.6) is 0 Å². The Bertz CT molecular complexity index is 834. The average Bonchev–Trinajstić information content (AvgIpc) is 3.14. The van der Waals surface area contributed by atoms with Crippen LogP contribution in [0.15, 0.2) is 12.7 Å². The molecular formula is C18H32N6O3Si. The summed E-state index contributed by atoms with van der Waals surface area (Å²) in [6, 6.07) is -0.276. The van der Waals surface area contributed by atoms with Crippen LogP contribution in [0.4, 0.5) is 5.82 Å². The van der Waals surface area contributed by atoms with Crippen LogP contribution in [-0.2, 0) is 9.16 Å². The van der Waals surface area contributed by atoms with E-state index in [0.29, 0.717) is 23.6 Å². The SMILES string of the molecule is CN(C)[C@@H]1[C@@H](O)[C@@H](CO[Si](C)(C)C(C)(C)C)O[C@H]1n1cnc2c(N)ncnc21. The van der Waals surface area contributed by atoms with Crippen LogP contribution >= 0.6 is 0 Å². The van der Waals surface area contributed by atoms with Gasteiger partial charge in [-0.2, -0.15) is 0 Å². The maximum absolute atomic E-state index is 11.0. The van der Waals surface area contributed by atoms with Gasteiger partial charge in [0.2, 0.25) is 0 Å². The van der Waals surface area contributed by atoms with Gasteiger partial charge in [0, 0.05) is 0 Å². The van der Waals surface area contributed by atoms with Gasteiger partial charge < -0.3 is 20.0 Å². The van der Waals surface area contributed by atoms with E-state index in [1.54, 1.807) is 6.33 Å². The molecule has 1 aliphatic rings. The summed E-state index contributed by atoms with van der Waals surface area (Å²) in [6.07, 6.45) is 1.44. The number of anilines is 1. The molecule has 0 saturated carbocycles. The van der Waals surface area contributed by atoms with Crippen LogP contribution in [0.1, 0.15) is 27.0 Å². The van der Waals surface area contributed by atoms with Gasteiger partial charge in [-0.25, -0.2) is 15.0 Å². The molecule has 156 valence electrons. The summed E-state index contributed by atoms with van der Waals surface area (Å²) in [5.41, 5.74) is 7.02. The summed E-state index contributed by atoms with van der Waals surface area (Å²) in [6.45, 7) is 11.3. The Morgan fingerprint density at radius 1 is 1.29 bits per heavy atom. The monoisotopic (exact) mass is 408 g/mol. The van der Waals surface area contributed by atoms with Gasteiger partial charge in [0.1, 0.15) is 24.1 Å². The first-order valence-electron chi connectivity index (χ1n) is 9.51. The van der Waals surface area contributed by atoms with Crippen molar-refractivity contribution in [2.45, 2.75) is 63.4 Å². The first-order chi connectivity index (χ1) is 12.9. The van der Waals surface area contributed by atoms with Crippen LogP contribution in [-0.4, -0.2) is 76.8 Å². The molecule has 2 aromatic heterocycles. The zero-order valence-corrected chi connectivity index (χ0v) is 18.7. The van der Waals surface area contributed by atoms with Gasteiger partial charge in [-0.1, -0.05) is 20.8 Å². The van der Waals surface area contributed by atoms with E-state index in [2.05, 4.69) is 48.8 Å². The number of hydrogen-bond acceptors (Lipinski definition) is 8. The number of aliphatic hydroxyl groups is 1. The van der Waals surface area contributed by atoms with Gasteiger partial charge in [0.05, 0.1) is 19.0 Å². The fourth-order valence-corrected chi connectivity index (χ4v) is 4.23. The van der Waals surface area contributed by atoms with Gasteiger partial charge in [-0.15, -0.1) is 0 Å². The molecule has 3 heterocycles.